The van der Waals surface area contributed by atoms with Crippen molar-refractivity contribution in [2.24, 2.45) is 5.10 Å². The van der Waals surface area contributed by atoms with Crippen molar-refractivity contribution in [3.05, 3.63) is 99.5 Å². The van der Waals surface area contributed by atoms with Gasteiger partial charge in [0.1, 0.15) is 5.75 Å². The Bertz CT molecular complexity index is 1040. The van der Waals surface area contributed by atoms with E-state index in [4.69, 9.17) is 33.0 Å². The fraction of sp³-hybridized carbons (Fsp3) is 0.136. The molecule has 0 unspecified atom stereocenters. The Labute approximate surface area is 167 Å². The number of hydrogen-bond donors (Lipinski definition) is 0. The predicted molar refractivity (Wildman–Crippen MR) is 108 cm³/mol. The van der Waals surface area contributed by atoms with Crippen molar-refractivity contribution in [2.75, 3.05) is 0 Å². The zero-order valence-corrected chi connectivity index (χ0v) is 15.9. The summed E-state index contributed by atoms with van der Waals surface area (Å²) in [6, 6.07) is 24.1. The lowest BCUT2D eigenvalue weighted by Crippen LogP contribution is -2.33. The third-order valence-electron chi connectivity index (χ3n) is 5.05. The first kappa shape index (κ1) is 16.7. The Kier molecular flexibility index (Phi) is 4.07. The summed E-state index contributed by atoms with van der Waals surface area (Å²) in [4.78, 5) is 0. The fourth-order valence-corrected chi connectivity index (χ4v) is 4.16. The molecule has 0 aliphatic carbocycles. The first-order valence-electron chi connectivity index (χ1n) is 8.83. The first-order valence-corrected chi connectivity index (χ1v) is 9.58. The highest BCUT2D eigenvalue weighted by molar-refractivity contribution is 6.42. The summed E-state index contributed by atoms with van der Waals surface area (Å²) in [6.45, 7) is 0. The van der Waals surface area contributed by atoms with Crippen LogP contribution in [0.1, 0.15) is 35.4 Å². The van der Waals surface area contributed by atoms with E-state index in [0.717, 1.165) is 34.6 Å². The van der Waals surface area contributed by atoms with Crippen LogP contribution in [0.25, 0.3) is 0 Å². The molecule has 134 valence electrons. The van der Waals surface area contributed by atoms with Crippen LogP contribution in [0.3, 0.4) is 0 Å². The first-order chi connectivity index (χ1) is 13.2. The van der Waals surface area contributed by atoms with Crippen molar-refractivity contribution in [3.8, 4) is 5.75 Å². The summed E-state index contributed by atoms with van der Waals surface area (Å²) in [5, 5.41) is 7.97. The average Bonchev–Trinajstić information content (AvgIpc) is 3.16. The maximum Gasteiger partial charge on any atom is 0.215 e. The number of para-hydroxylation sites is 1. The SMILES string of the molecule is Clc1cccc([C@@H]2Oc3ccccc3[C@@H]3CC(c4ccccc4)=NN32)c1Cl. The molecule has 0 radical (unpaired) electrons. The average molecular weight is 395 g/mol. The number of hydrazone groups is 1. The van der Waals surface area contributed by atoms with Gasteiger partial charge in [-0.2, -0.15) is 5.10 Å². The minimum atomic E-state index is -0.419. The molecule has 0 spiro atoms. The summed E-state index contributed by atoms with van der Waals surface area (Å²) < 4.78 is 6.33. The van der Waals surface area contributed by atoms with E-state index in [1.807, 2.05) is 53.5 Å². The molecule has 2 atom stereocenters. The van der Waals surface area contributed by atoms with Gasteiger partial charge in [-0.3, -0.25) is 0 Å². The maximum atomic E-state index is 6.51. The molecule has 0 saturated carbocycles. The lowest BCUT2D eigenvalue weighted by Gasteiger charge is -2.38. The lowest BCUT2D eigenvalue weighted by atomic mass is 9.96. The van der Waals surface area contributed by atoms with Crippen LogP contribution >= 0.6 is 23.2 Å². The second-order valence-corrected chi connectivity index (χ2v) is 7.45. The van der Waals surface area contributed by atoms with Gasteiger partial charge in [0.2, 0.25) is 6.23 Å². The summed E-state index contributed by atoms with van der Waals surface area (Å²) in [5.74, 6) is 0.865. The smallest absolute Gasteiger partial charge is 0.215 e. The Morgan fingerprint density at radius 2 is 1.59 bits per heavy atom. The molecule has 5 heteroatoms. The molecule has 3 aromatic carbocycles. The number of fused-ring (bicyclic) bond motifs is 3. The molecule has 0 bridgehead atoms. The van der Waals surface area contributed by atoms with Crippen molar-refractivity contribution >= 4 is 28.9 Å². The summed E-state index contributed by atoms with van der Waals surface area (Å²) >= 11 is 12.8. The van der Waals surface area contributed by atoms with Crippen LogP contribution in [-0.4, -0.2) is 10.7 Å². The van der Waals surface area contributed by atoms with Gasteiger partial charge in [0.25, 0.3) is 0 Å². The van der Waals surface area contributed by atoms with Crippen molar-refractivity contribution in [1.29, 1.82) is 0 Å². The van der Waals surface area contributed by atoms with Crippen LogP contribution in [-0.2, 0) is 0 Å². The number of halogens is 2. The van der Waals surface area contributed by atoms with Gasteiger partial charge in [-0.1, -0.05) is 83.9 Å². The summed E-state index contributed by atoms with van der Waals surface area (Å²) in [6.07, 6.45) is 0.399. The Morgan fingerprint density at radius 3 is 2.44 bits per heavy atom. The van der Waals surface area contributed by atoms with E-state index in [9.17, 15) is 0 Å². The van der Waals surface area contributed by atoms with Crippen LogP contribution in [0.5, 0.6) is 5.75 Å². The van der Waals surface area contributed by atoms with Crippen LogP contribution in [0, 0.1) is 0 Å². The molecule has 0 N–H and O–H groups in total. The Morgan fingerprint density at radius 1 is 0.852 bits per heavy atom. The summed E-state index contributed by atoms with van der Waals surface area (Å²) in [7, 11) is 0. The number of hydrogen-bond acceptors (Lipinski definition) is 3. The molecule has 5 rings (SSSR count). The number of nitrogens with zero attached hydrogens (tertiary/aromatic N) is 2. The molecule has 0 fully saturated rings. The van der Waals surface area contributed by atoms with Gasteiger partial charge in [0.15, 0.2) is 0 Å². The van der Waals surface area contributed by atoms with Crippen molar-refractivity contribution in [3.63, 3.8) is 0 Å². The Hall–Kier alpha value is -2.49. The van der Waals surface area contributed by atoms with Gasteiger partial charge in [0, 0.05) is 17.5 Å². The third kappa shape index (κ3) is 2.78. The van der Waals surface area contributed by atoms with Gasteiger partial charge in [-0.15, -0.1) is 0 Å². The zero-order chi connectivity index (χ0) is 18.4. The monoisotopic (exact) mass is 394 g/mol. The highest BCUT2D eigenvalue weighted by Gasteiger charge is 2.41. The quantitative estimate of drug-likeness (QED) is 0.513. The molecule has 3 nitrogen and oxygen atoms in total. The van der Waals surface area contributed by atoms with Crippen molar-refractivity contribution in [1.82, 2.24) is 5.01 Å². The molecular formula is C22H16Cl2N2O. The molecule has 2 aliphatic rings. The largest absolute Gasteiger partial charge is 0.464 e. The normalized spacial score (nSPS) is 20.5. The van der Waals surface area contributed by atoms with Crippen LogP contribution < -0.4 is 4.74 Å². The molecule has 0 saturated heterocycles. The molecule has 3 aromatic rings. The predicted octanol–water partition coefficient (Wildman–Crippen LogP) is 6.24. The number of benzene rings is 3. The zero-order valence-electron chi connectivity index (χ0n) is 14.3. The van der Waals surface area contributed by atoms with Crippen LogP contribution in [0.15, 0.2) is 77.9 Å². The maximum absolute atomic E-state index is 6.51. The van der Waals surface area contributed by atoms with Crippen molar-refractivity contribution < 1.29 is 4.74 Å². The summed E-state index contributed by atoms with van der Waals surface area (Å²) in [5.41, 5.74) is 4.13. The van der Waals surface area contributed by atoms with E-state index in [1.54, 1.807) is 6.07 Å². The highest BCUT2D eigenvalue weighted by atomic mass is 35.5. The topological polar surface area (TPSA) is 24.8 Å². The van der Waals surface area contributed by atoms with E-state index in [2.05, 4.69) is 18.2 Å². The standard InChI is InChI=1S/C22H16Cl2N2O/c23-17-11-6-10-16(21(17)24)22-26-19(15-9-4-5-12-20(15)27-22)13-18(25-26)14-7-2-1-3-8-14/h1-12,19,22H,13H2/t19-,22-/m0/s1. The van der Waals surface area contributed by atoms with Crippen LogP contribution in [0.2, 0.25) is 10.0 Å². The van der Waals surface area contributed by atoms with E-state index in [-0.39, 0.29) is 6.04 Å². The Balaban J connectivity index is 1.64. The fourth-order valence-electron chi connectivity index (χ4n) is 3.76. The number of rotatable bonds is 2. The highest BCUT2D eigenvalue weighted by Crippen LogP contribution is 2.48. The molecule has 0 aromatic heterocycles. The van der Waals surface area contributed by atoms with E-state index in [0.29, 0.717) is 10.0 Å². The van der Waals surface area contributed by atoms with E-state index < -0.39 is 6.23 Å². The minimum Gasteiger partial charge on any atom is -0.464 e. The van der Waals surface area contributed by atoms with E-state index in [1.165, 1.54) is 0 Å². The molecule has 27 heavy (non-hydrogen) atoms. The van der Waals surface area contributed by atoms with Gasteiger partial charge in [-0.05, 0) is 17.7 Å². The lowest BCUT2D eigenvalue weighted by molar-refractivity contribution is -0.0189. The van der Waals surface area contributed by atoms with Crippen molar-refractivity contribution in [2.45, 2.75) is 18.7 Å². The molecular weight excluding hydrogens is 379 g/mol. The van der Waals surface area contributed by atoms with Crippen LogP contribution in [0.4, 0.5) is 0 Å². The van der Waals surface area contributed by atoms with Gasteiger partial charge >= 0.3 is 0 Å². The molecule has 2 aliphatic heterocycles. The molecule has 0 amide bonds. The van der Waals surface area contributed by atoms with Gasteiger partial charge in [-0.25, -0.2) is 5.01 Å². The minimum absolute atomic E-state index is 0.102. The van der Waals surface area contributed by atoms with Gasteiger partial charge in [0.05, 0.1) is 21.8 Å². The number of ether oxygens (including phenoxy) is 1. The van der Waals surface area contributed by atoms with E-state index >= 15 is 0 Å². The third-order valence-corrected chi connectivity index (χ3v) is 5.89. The second kappa shape index (κ2) is 6.59. The van der Waals surface area contributed by atoms with Gasteiger partial charge < -0.3 is 4.74 Å². The second-order valence-electron chi connectivity index (χ2n) is 6.66. The molecule has 2 heterocycles.